The van der Waals surface area contributed by atoms with E-state index < -0.39 is 0 Å². The van der Waals surface area contributed by atoms with E-state index in [1.54, 1.807) is 0 Å². The standard InChI is InChI=1S/C10H15NO4/c1-8(12)11-7-10(4-6-15-11)3-5-14-9(2)13/h4H,3,5-7H2,1-2H3. The Kier molecular flexibility index (Phi) is 4.30. The van der Waals surface area contributed by atoms with Gasteiger partial charge in [0.1, 0.15) is 0 Å². The van der Waals surface area contributed by atoms with E-state index in [2.05, 4.69) is 0 Å². The van der Waals surface area contributed by atoms with Gasteiger partial charge in [-0.15, -0.1) is 0 Å². The van der Waals surface area contributed by atoms with E-state index in [-0.39, 0.29) is 11.9 Å². The first-order valence-electron chi connectivity index (χ1n) is 4.82. The molecule has 0 N–H and O–H groups in total. The van der Waals surface area contributed by atoms with Crippen LogP contribution in [0.3, 0.4) is 0 Å². The largest absolute Gasteiger partial charge is 0.466 e. The number of hydrogen-bond acceptors (Lipinski definition) is 4. The van der Waals surface area contributed by atoms with Crippen LogP contribution >= 0.6 is 0 Å². The molecular weight excluding hydrogens is 198 g/mol. The molecule has 0 radical (unpaired) electrons. The van der Waals surface area contributed by atoms with Crippen molar-refractivity contribution in [3.63, 3.8) is 0 Å². The maximum Gasteiger partial charge on any atom is 0.302 e. The normalized spacial score (nSPS) is 15.9. The molecule has 1 heterocycles. The maximum atomic E-state index is 11.0. The van der Waals surface area contributed by atoms with Crippen LogP contribution in [-0.2, 0) is 19.2 Å². The summed E-state index contributed by atoms with van der Waals surface area (Å²) in [4.78, 5) is 26.6. The molecule has 1 aliphatic heterocycles. The fraction of sp³-hybridized carbons (Fsp3) is 0.600. The molecule has 0 aromatic heterocycles. The lowest BCUT2D eigenvalue weighted by atomic mass is 10.1. The van der Waals surface area contributed by atoms with Crippen molar-refractivity contribution in [2.24, 2.45) is 0 Å². The molecule has 1 rings (SSSR count). The van der Waals surface area contributed by atoms with Crippen LogP contribution in [0, 0.1) is 0 Å². The molecule has 0 saturated heterocycles. The summed E-state index contributed by atoms with van der Waals surface area (Å²) in [6.07, 6.45) is 2.55. The van der Waals surface area contributed by atoms with Crippen LogP contribution in [-0.4, -0.2) is 36.7 Å². The van der Waals surface area contributed by atoms with Gasteiger partial charge in [-0.3, -0.25) is 14.4 Å². The second kappa shape index (κ2) is 5.50. The average Bonchev–Trinajstić information content (AvgIpc) is 2.17. The van der Waals surface area contributed by atoms with Gasteiger partial charge < -0.3 is 4.74 Å². The van der Waals surface area contributed by atoms with Gasteiger partial charge >= 0.3 is 5.97 Å². The van der Waals surface area contributed by atoms with Crippen molar-refractivity contribution >= 4 is 11.9 Å². The molecule has 0 aromatic carbocycles. The van der Waals surface area contributed by atoms with Crippen LogP contribution in [0.15, 0.2) is 11.6 Å². The molecule has 0 aromatic rings. The summed E-state index contributed by atoms with van der Waals surface area (Å²) in [5.41, 5.74) is 1.05. The van der Waals surface area contributed by atoms with E-state index in [0.717, 1.165) is 5.57 Å². The third-order valence-corrected chi connectivity index (χ3v) is 2.03. The Bertz CT molecular complexity index is 285. The molecule has 1 aliphatic rings. The Morgan fingerprint density at radius 3 is 2.87 bits per heavy atom. The van der Waals surface area contributed by atoms with E-state index in [0.29, 0.717) is 26.2 Å². The molecule has 0 atom stereocenters. The minimum atomic E-state index is -0.286. The van der Waals surface area contributed by atoms with Gasteiger partial charge in [-0.1, -0.05) is 6.08 Å². The molecule has 1 amide bonds. The number of amides is 1. The van der Waals surface area contributed by atoms with Crippen LogP contribution in [0.4, 0.5) is 0 Å². The van der Waals surface area contributed by atoms with Crippen LogP contribution in [0.25, 0.3) is 0 Å². The lowest BCUT2D eigenvalue weighted by molar-refractivity contribution is -0.180. The predicted molar refractivity (Wildman–Crippen MR) is 52.7 cm³/mol. The molecular formula is C10H15NO4. The number of hydrogen-bond donors (Lipinski definition) is 0. The lowest BCUT2D eigenvalue weighted by Gasteiger charge is -2.25. The van der Waals surface area contributed by atoms with Gasteiger partial charge in [-0.2, -0.15) is 0 Å². The van der Waals surface area contributed by atoms with E-state index in [1.807, 2.05) is 6.08 Å². The highest BCUT2D eigenvalue weighted by Gasteiger charge is 2.15. The zero-order chi connectivity index (χ0) is 11.3. The molecule has 0 aliphatic carbocycles. The molecule has 5 nitrogen and oxygen atoms in total. The number of carbonyl (C=O) groups is 2. The summed E-state index contributed by atoms with van der Waals surface area (Å²) in [7, 11) is 0. The number of ether oxygens (including phenoxy) is 1. The van der Waals surface area contributed by atoms with Crippen LogP contribution < -0.4 is 0 Å². The zero-order valence-electron chi connectivity index (χ0n) is 8.99. The summed E-state index contributed by atoms with van der Waals surface area (Å²) in [6, 6.07) is 0. The Morgan fingerprint density at radius 1 is 1.53 bits per heavy atom. The lowest BCUT2D eigenvalue weighted by Crippen LogP contribution is -2.34. The molecule has 84 valence electrons. The predicted octanol–water partition coefficient (Wildman–Crippen LogP) is 0.660. The molecule has 0 unspecified atom stereocenters. The topological polar surface area (TPSA) is 55.8 Å². The summed E-state index contributed by atoms with van der Waals surface area (Å²) >= 11 is 0. The van der Waals surface area contributed by atoms with Crippen molar-refractivity contribution in [1.29, 1.82) is 0 Å². The first-order valence-corrected chi connectivity index (χ1v) is 4.82. The first-order chi connectivity index (χ1) is 7.09. The van der Waals surface area contributed by atoms with Gasteiger partial charge in [0.25, 0.3) is 0 Å². The Labute approximate surface area is 88.6 Å². The highest BCUT2D eigenvalue weighted by Crippen LogP contribution is 2.11. The number of carbonyl (C=O) groups excluding carboxylic acids is 2. The number of rotatable bonds is 3. The summed E-state index contributed by atoms with van der Waals surface area (Å²) in [5, 5.41) is 1.31. The van der Waals surface area contributed by atoms with Crippen molar-refractivity contribution in [3.05, 3.63) is 11.6 Å². The monoisotopic (exact) mass is 213 g/mol. The highest BCUT2D eigenvalue weighted by atomic mass is 16.7. The van der Waals surface area contributed by atoms with Gasteiger partial charge in [-0.05, 0) is 5.57 Å². The Balaban J connectivity index is 2.33. The van der Waals surface area contributed by atoms with Crippen molar-refractivity contribution in [2.75, 3.05) is 19.8 Å². The summed E-state index contributed by atoms with van der Waals surface area (Å²) in [6.45, 7) is 4.04. The van der Waals surface area contributed by atoms with Crippen LogP contribution in [0.5, 0.6) is 0 Å². The quantitative estimate of drug-likeness (QED) is 0.510. The molecule has 0 spiro atoms. The summed E-state index contributed by atoms with van der Waals surface area (Å²) in [5.74, 6) is -0.404. The van der Waals surface area contributed by atoms with E-state index in [4.69, 9.17) is 9.57 Å². The van der Waals surface area contributed by atoms with Gasteiger partial charge in [0.05, 0.1) is 19.8 Å². The second-order valence-electron chi connectivity index (χ2n) is 3.30. The van der Waals surface area contributed by atoms with E-state index in [1.165, 1.54) is 18.9 Å². The SMILES string of the molecule is CC(=O)OCCC1=CCON(C(C)=O)C1. The average molecular weight is 213 g/mol. The molecule has 0 fully saturated rings. The van der Waals surface area contributed by atoms with Crippen LogP contribution in [0.1, 0.15) is 20.3 Å². The van der Waals surface area contributed by atoms with Crippen molar-refractivity contribution in [3.8, 4) is 0 Å². The van der Waals surface area contributed by atoms with Crippen molar-refractivity contribution in [2.45, 2.75) is 20.3 Å². The van der Waals surface area contributed by atoms with E-state index in [9.17, 15) is 9.59 Å². The minimum Gasteiger partial charge on any atom is -0.466 e. The summed E-state index contributed by atoms with van der Waals surface area (Å²) < 4.78 is 4.82. The zero-order valence-corrected chi connectivity index (χ0v) is 8.99. The number of hydroxylamine groups is 2. The van der Waals surface area contributed by atoms with E-state index >= 15 is 0 Å². The number of esters is 1. The van der Waals surface area contributed by atoms with Gasteiger partial charge in [0.15, 0.2) is 0 Å². The molecule has 0 saturated carbocycles. The molecule has 5 heteroatoms. The second-order valence-corrected chi connectivity index (χ2v) is 3.30. The highest BCUT2D eigenvalue weighted by molar-refractivity contribution is 5.72. The fourth-order valence-electron chi connectivity index (χ4n) is 1.25. The van der Waals surface area contributed by atoms with Crippen molar-refractivity contribution in [1.82, 2.24) is 5.06 Å². The van der Waals surface area contributed by atoms with Gasteiger partial charge in [-0.25, -0.2) is 5.06 Å². The fourth-order valence-corrected chi connectivity index (χ4v) is 1.25. The third-order valence-electron chi connectivity index (χ3n) is 2.03. The smallest absolute Gasteiger partial charge is 0.302 e. The molecule has 0 bridgehead atoms. The van der Waals surface area contributed by atoms with Crippen molar-refractivity contribution < 1.29 is 19.2 Å². The Morgan fingerprint density at radius 2 is 2.27 bits per heavy atom. The van der Waals surface area contributed by atoms with Crippen LogP contribution in [0.2, 0.25) is 0 Å². The van der Waals surface area contributed by atoms with Gasteiger partial charge in [0, 0.05) is 20.3 Å². The number of nitrogens with zero attached hydrogens (tertiary/aromatic N) is 1. The van der Waals surface area contributed by atoms with Gasteiger partial charge in [0.2, 0.25) is 5.91 Å². The maximum absolute atomic E-state index is 11.0. The minimum absolute atomic E-state index is 0.118. The third kappa shape index (κ3) is 4.12. The Hall–Kier alpha value is -1.36. The first kappa shape index (κ1) is 11.7. The molecule has 15 heavy (non-hydrogen) atoms.